The molecular formula is C21H17N7O2. The van der Waals surface area contributed by atoms with Crippen LogP contribution in [0.1, 0.15) is 0 Å². The monoisotopic (exact) mass is 399 g/mol. The van der Waals surface area contributed by atoms with Gasteiger partial charge in [0.1, 0.15) is 11.7 Å². The van der Waals surface area contributed by atoms with E-state index in [1.165, 1.54) is 12.1 Å². The van der Waals surface area contributed by atoms with Crippen LogP contribution in [0.25, 0.3) is 11.1 Å². The fourth-order valence-corrected chi connectivity index (χ4v) is 3.01. The van der Waals surface area contributed by atoms with Crippen molar-refractivity contribution in [2.75, 3.05) is 0 Å². The van der Waals surface area contributed by atoms with E-state index in [0.29, 0.717) is 17.1 Å². The molecule has 0 atom stereocenters. The van der Waals surface area contributed by atoms with Crippen molar-refractivity contribution in [1.82, 2.24) is 0 Å². The summed E-state index contributed by atoms with van der Waals surface area (Å²) < 4.78 is 0. The lowest BCUT2D eigenvalue weighted by atomic mass is 10.0. The van der Waals surface area contributed by atoms with Gasteiger partial charge in [-0.05, 0) is 35.9 Å². The summed E-state index contributed by atoms with van der Waals surface area (Å²) in [4.78, 5) is 19.2. The van der Waals surface area contributed by atoms with Crippen LogP contribution in [0.15, 0.2) is 93.0 Å². The second-order valence-electron chi connectivity index (χ2n) is 6.50. The summed E-state index contributed by atoms with van der Waals surface area (Å²) >= 11 is 0. The number of nitrogens with zero attached hydrogens (tertiary/aromatic N) is 5. The number of azo groups is 1. The molecule has 1 heterocycles. The topological polar surface area (TPSA) is 145 Å². The van der Waals surface area contributed by atoms with Crippen molar-refractivity contribution in [3.63, 3.8) is 0 Å². The molecule has 9 heteroatoms. The number of aliphatic imine (C=N–C) groups is 2. The van der Waals surface area contributed by atoms with Crippen molar-refractivity contribution in [2.45, 2.75) is 6.04 Å². The molecule has 0 radical (unpaired) electrons. The molecule has 30 heavy (non-hydrogen) atoms. The number of rotatable bonds is 4. The van der Waals surface area contributed by atoms with Crippen molar-refractivity contribution < 1.29 is 4.92 Å². The summed E-state index contributed by atoms with van der Waals surface area (Å²) in [5.41, 5.74) is 15.6. The van der Waals surface area contributed by atoms with Crippen molar-refractivity contribution >= 4 is 34.4 Å². The van der Waals surface area contributed by atoms with Crippen molar-refractivity contribution in [2.24, 2.45) is 31.7 Å². The van der Waals surface area contributed by atoms with Gasteiger partial charge in [-0.1, -0.05) is 30.3 Å². The highest BCUT2D eigenvalue weighted by Gasteiger charge is 2.21. The van der Waals surface area contributed by atoms with Gasteiger partial charge in [-0.15, -0.1) is 0 Å². The Morgan fingerprint density at radius 2 is 1.40 bits per heavy atom. The molecule has 4 N–H and O–H groups in total. The molecule has 3 aromatic carbocycles. The Kier molecular flexibility index (Phi) is 5.00. The van der Waals surface area contributed by atoms with Crippen molar-refractivity contribution in [3.05, 3.63) is 82.9 Å². The standard InChI is InChI=1S/C21H17N7O2/c22-20-19(21(23)25-18-8-4-3-7-17(18)24-20)27-26-16-6-2-1-5-15(16)13-9-11-14(12-10-13)28(29)30/h1-12,19H,(H2,22,24)(H2,23,25). The summed E-state index contributed by atoms with van der Waals surface area (Å²) in [5, 5.41) is 19.5. The van der Waals surface area contributed by atoms with Crippen molar-refractivity contribution in [1.29, 1.82) is 0 Å². The van der Waals surface area contributed by atoms with Crippen LogP contribution in [-0.4, -0.2) is 22.6 Å². The second-order valence-corrected chi connectivity index (χ2v) is 6.50. The summed E-state index contributed by atoms with van der Waals surface area (Å²) in [7, 11) is 0. The van der Waals surface area contributed by atoms with E-state index in [2.05, 4.69) is 20.2 Å². The highest BCUT2D eigenvalue weighted by molar-refractivity contribution is 6.11. The molecule has 0 fully saturated rings. The Hall–Kier alpha value is -4.40. The molecule has 0 amide bonds. The highest BCUT2D eigenvalue weighted by Crippen LogP contribution is 2.33. The van der Waals surface area contributed by atoms with Crippen LogP contribution >= 0.6 is 0 Å². The SMILES string of the molecule is NC1=Nc2ccccc2N=C(N)C1N=Nc1ccccc1-c1ccc([N+](=O)[O-])cc1. The van der Waals surface area contributed by atoms with Crippen LogP contribution < -0.4 is 11.5 Å². The molecule has 0 aromatic heterocycles. The van der Waals surface area contributed by atoms with Gasteiger partial charge in [0.05, 0.1) is 22.0 Å². The zero-order chi connectivity index (χ0) is 21.1. The van der Waals surface area contributed by atoms with Gasteiger partial charge in [-0.2, -0.15) is 10.2 Å². The molecule has 0 spiro atoms. The van der Waals surface area contributed by atoms with Gasteiger partial charge < -0.3 is 11.5 Å². The summed E-state index contributed by atoms with van der Waals surface area (Å²) in [6.45, 7) is 0. The van der Waals surface area contributed by atoms with Crippen molar-refractivity contribution in [3.8, 4) is 11.1 Å². The number of nitro benzene ring substituents is 1. The Morgan fingerprint density at radius 1 is 0.833 bits per heavy atom. The van der Waals surface area contributed by atoms with Crippen LogP contribution in [0.2, 0.25) is 0 Å². The van der Waals surface area contributed by atoms with Gasteiger partial charge >= 0.3 is 0 Å². The lowest BCUT2D eigenvalue weighted by molar-refractivity contribution is -0.384. The normalized spacial score (nSPS) is 14.0. The van der Waals surface area contributed by atoms with E-state index in [1.54, 1.807) is 30.3 Å². The zero-order valence-corrected chi connectivity index (χ0v) is 15.7. The van der Waals surface area contributed by atoms with Crippen LogP contribution in [0.5, 0.6) is 0 Å². The van der Waals surface area contributed by atoms with Gasteiger partial charge in [0.2, 0.25) is 0 Å². The van der Waals surface area contributed by atoms with E-state index in [0.717, 1.165) is 11.1 Å². The number of fused-ring (bicyclic) bond motifs is 1. The van der Waals surface area contributed by atoms with E-state index in [9.17, 15) is 10.1 Å². The number of hydrogen-bond acceptors (Lipinski definition) is 8. The van der Waals surface area contributed by atoms with E-state index in [1.807, 2.05) is 30.3 Å². The fraction of sp³-hybridized carbons (Fsp3) is 0.0476. The maximum Gasteiger partial charge on any atom is 0.269 e. The highest BCUT2D eigenvalue weighted by atomic mass is 16.6. The molecular weight excluding hydrogens is 382 g/mol. The third-order valence-corrected chi connectivity index (χ3v) is 4.52. The first kappa shape index (κ1) is 18.9. The number of non-ortho nitro benzene ring substituents is 1. The molecule has 1 aliphatic heterocycles. The summed E-state index contributed by atoms with van der Waals surface area (Å²) in [6.07, 6.45) is 0. The Labute approximate surface area is 171 Å². The van der Waals surface area contributed by atoms with Gasteiger partial charge in [-0.3, -0.25) is 10.1 Å². The molecule has 0 saturated heterocycles. The third kappa shape index (κ3) is 3.76. The third-order valence-electron chi connectivity index (χ3n) is 4.52. The molecule has 4 rings (SSSR count). The Bertz CT molecular complexity index is 1160. The largest absolute Gasteiger partial charge is 0.385 e. The van der Waals surface area contributed by atoms with Gasteiger partial charge in [0.25, 0.3) is 5.69 Å². The Morgan fingerprint density at radius 3 is 2.00 bits per heavy atom. The average molecular weight is 399 g/mol. The molecule has 1 aliphatic rings. The minimum Gasteiger partial charge on any atom is -0.385 e. The number of nitro groups is 1. The quantitative estimate of drug-likeness (QED) is 0.380. The Balaban J connectivity index is 1.68. The first-order valence-electron chi connectivity index (χ1n) is 9.05. The van der Waals surface area contributed by atoms with Gasteiger partial charge in [-0.25, -0.2) is 9.98 Å². The predicted molar refractivity (Wildman–Crippen MR) is 116 cm³/mol. The molecule has 0 aliphatic carbocycles. The van der Waals surface area contributed by atoms with E-state index < -0.39 is 11.0 Å². The lowest BCUT2D eigenvalue weighted by Gasteiger charge is -2.09. The van der Waals surface area contributed by atoms with E-state index in [-0.39, 0.29) is 17.4 Å². The maximum atomic E-state index is 10.9. The van der Waals surface area contributed by atoms with Crippen LogP contribution in [0, 0.1) is 10.1 Å². The molecule has 0 unspecified atom stereocenters. The van der Waals surface area contributed by atoms with E-state index >= 15 is 0 Å². The number of benzene rings is 3. The number of nitrogens with two attached hydrogens (primary N) is 2. The first-order valence-corrected chi connectivity index (χ1v) is 9.05. The molecule has 0 saturated carbocycles. The van der Waals surface area contributed by atoms with E-state index in [4.69, 9.17) is 11.5 Å². The molecule has 3 aromatic rings. The lowest BCUT2D eigenvalue weighted by Crippen LogP contribution is -2.38. The average Bonchev–Trinajstić information content (AvgIpc) is 2.87. The zero-order valence-electron chi connectivity index (χ0n) is 15.7. The smallest absolute Gasteiger partial charge is 0.269 e. The van der Waals surface area contributed by atoms with Gasteiger partial charge in [0.15, 0.2) is 6.04 Å². The van der Waals surface area contributed by atoms with Crippen LogP contribution in [0.4, 0.5) is 22.7 Å². The minimum atomic E-state index is -0.803. The number of para-hydroxylation sites is 2. The number of amidine groups is 2. The summed E-state index contributed by atoms with van der Waals surface area (Å²) in [6, 6.07) is 20.0. The molecule has 9 nitrogen and oxygen atoms in total. The first-order chi connectivity index (χ1) is 14.5. The molecule has 148 valence electrons. The van der Waals surface area contributed by atoms with Gasteiger partial charge in [0, 0.05) is 17.7 Å². The number of hydrogen-bond donors (Lipinski definition) is 2. The fourth-order valence-electron chi connectivity index (χ4n) is 3.01. The maximum absolute atomic E-state index is 10.9. The molecule has 0 bridgehead atoms. The summed E-state index contributed by atoms with van der Waals surface area (Å²) in [5.74, 6) is 0.385. The van der Waals surface area contributed by atoms with Crippen LogP contribution in [-0.2, 0) is 0 Å². The second kappa shape index (κ2) is 7.92. The minimum absolute atomic E-state index is 0.0175. The predicted octanol–water partition coefficient (Wildman–Crippen LogP) is 4.41. The van der Waals surface area contributed by atoms with Crippen LogP contribution in [0.3, 0.4) is 0 Å².